The van der Waals surface area contributed by atoms with Gasteiger partial charge in [-0.2, -0.15) is 0 Å². The van der Waals surface area contributed by atoms with Gasteiger partial charge in [-0.05, 0) is 78.2 Å². The number of carbonyl (C=O) groups excluding carboxylic acids is 2. The SMILES string of the molecule is CC(=O)NC(=Cc1cc(C)c(-c2ccc3[nH]ccc3c2)cc1C)C(=O)N[C@H](C)C(=O)O. The largest absolute Gasteiger partial charge is 0.480 e. The van der Waals surface area contributed by atoms with Crippen LogP contribution in [-0.4, -0.2) is 33.9 Å². The Morgan fingerprint density at radius 3 is 2.48 bits per heavy atom. The maximum atomic E-state index is 12.5. The first kappa shape index (κ1) is 21.8. The Kier molecular flexibility index (Phi) is 6.25. The van der Waals surface area contributed by atoms with E-state index in [4.69, 9.17) is 5.11 Å². The van der Waals surface area contributed by atoms with Crippen molar-refractivity contribution in [3.05, 3.63) is 65.0 Å². The van der Waals surface area contributed by atoms with E-state index >= 15 is 0 Å². The maximum absolute atomic E-state index is 12.5. The zero-order valence-corrected chi connectivity index (χ0v) is 17.9. The van der Waals surface area contributed by atoms with Gasteiger partial charge in [0.15, 0.2) is 0 Å². The molecule has 0 aliphatic rings. The molecule has 7 nitrogen and oxygen atoms in total. The molecule has 2 amide bonds. The quantitative estimate of drug-likeness (QED) is 0.458. The van der Waals surface area contributed by atoms with Gasteiger partial charge in [0, 0.05) is 18.6 Å². The topological polar surface area (TPSA) is 111 Å². The van der Waals surface area contributed by atoms with Crippen LogP contribution < -0.4 is 10.6 Å². The normalized spacial score (nSPS) is 12.5. The van der Waals surface area contributed by atoms with E-state index in [-0.39, 0.29) is 5.70 Å². The molecule has 4 N–H and O–H groups in total. The van der Waals surface area contributed by atoms with Crippen molar-refractivity contribution in [2.45, 2.75) is 33.7 Å². The van der Waals surface area contributed by atoms with Crippen LogP contribution in [0.4, 0.5) is 0 Å². The summed E-state index contributed by atoms with van der Waals surface area (Å²) in [7, 11) is 0. The minimum atomic E-state index is -1.16. The fourth-order valence-electron chi connectivity index (χ4n) is 3.37. The van der Waals surface area contributed by atoms with Crippen LogP contribution in [0.25, 0.3) is 28.1 Å². The number of nitrogens with one attached hydrogen (secondary N) is 3. The van der Waals surface area contributed by atoms with Gasteiger partial charge < -0.3 is 20.7 Å². The average molecular weight is 419 g/mol. The third kappa shape index (κ3) is 5.01. The summed E-state index contributed by atoms with van der Waals surface area (Å²) in [6.45, 7) is 6.56. The van der Waals surface area contributed by atoms with E-state index in [1.165, 1.54) is 13.8 Å². The van der Waals surface area contributed by atoms with E-state index in [0.29, 0.717) is 0 Å². The number of aromatic amines is 1. The molecule has 0 bridgehead atoms. The highest BCUT2D eigenvalue weighted by Crippen LogP contribution is 2.29. The number of fused-ring (bicyclic) bond motifs is 1. The summed E-state index contributed by atoms with van der Waals surface area (Å²) in [5.74, 6) is -2.24. The first-order chi connectivity index (χ1) is 14.7. The van der Waals surface area contributed by atoms with Gasteiger partial charge in [-0.1, -0.05) is 18.2 Å². The molecular weight excluding hydrogens is 394 g/mol. The second-order valence-electron chi connectivity index (χ2n) is 7.58. The van der Waals surface area contributed by atoms with Gasteiger partial charge in [-0.15, -0.1) is 0 Å². The van der Waals surface area contributed by atoms with E-state index in [9.17, 15) is 14.4 Å². The predicted molar refractivity (Wildman–Crippen MR) is 120 cm³/mol. The zero-order valence-electron chi connectivity index (χ0n) is 17.9. The third-order valence-corrected chi connectivity index (χ3v) is 5.05. The molecule has 0 saturated carbocycles. The number of carboxylic acids is 1. The van der Waals surface area contributed by atoms with Crippen LogP contribution in [0.3, 0.4) is 0 Å². The minimum absolute atomic E-state index is 0.00964. The van der Waals surface area contributed by atoms with Crippen molar-refractivity contribution >= 4 is 34.8 Å². The second kappa shape index (κ2) is 8.87. The average Bonchev–Trinajstić information content (AvgIpc) is 3.17. The number of benzene rings is 2. The molecule has 0 spiro atoms. The van der Waals surface area contributed by atoms with Crippen molar-refractivity contribution in [2.24, 2.45) is 0 Å². The lowest BCUT2D eigenvalue weighted by Crippen LogP contribution is -2.42. The summed E-state index contributed by atoms with van der Waals surface area (Å²) in [6, 6.07) is 11.1. The standard InChI is InChI=1S/C24H25N3O4/c1-13-10-20(17-5-6-21-18(11-17)7-8-25-21)14(2)9-19(13)12-22(27-16(4)28)23(29)26-15(3)24(30)31/h5-12,15,25H,1-4H3,(H,26,29)(H,27,28)(H,30,31)/t15-/m1/s1. The first-order valence-corrected chi connectivity index (χ1v) is 9.87. The molecule has 1 atom stereocenters. The van der Waals surface area contributed by atoms with Crippen LogP contribution in [0, 0.1) is 13.8 Å². The lowest BCUT2D eigenvalue weighted by atomic mass is 9.94. The van der Waals surface area contributed by atoms with E-state index in [2.05, 4.69) is 27.8 Å². The highest BCUT2D eigenvalue weighted by molar-refractivity contribution is 6.02. The Morgan fingerprint density at radius 2 is 1.81 bits per heavy atom. The van der Waals surface area contributed by atoms with E-state index < -0.39 is 23.8 Å². The molecule has 7 heteroatoms. The van der Waals surface area contributed by atoms with Crippen LogP contribution >= 0.6 is 0 Å². The summed E-state index contributed by atoms with van der Waals surface area (Å²) in [4.78, 5) is 38.3. The van der Waals surface area contributed by atoms with Crippen LogP contribution in [0.15, 0.2) is 48.3 Å². The second-order valence-corrected chi connectivity index (χ2v) is 7.58. The predicted octanol–water partition coefficient (Wildman–Crippen LogP) is 3.52. The van der Waals surface area contributed by atoms with Crippen molar-refractivity contribution in [1.82, 2.24) is 15.6 Å². The summed E-state index contributed by atoms with van der Waals surface area (Å²) < 4.78 is 0. The summed E-state index contributed by atoms with van der Waals surface area (Å²) in [5.41, 5.74) is 5.89. The molecule has 0 aliphatic heterocycles. The minimum Gasteiger partial charge on any atom is -0.480 e. The fraction of sp³-hybridized carbons (Fsp3) is 0.208. The molecule has 0 saturated heterocycles. The van der Waals surface area contributed by atoms with Crippen molar-refractivity contribution in [3.8, 4) is 11.1 Å². The monoisotopic (exact) mass is 419 g/mol. The summed E-state index contributed by atoms with van der Waals surface area (Å²) in [6.07, 6.45) is 3.47. The van der Waals surface area contributed by atoms with Crippen molar-refractivity contribution in [3.63, 3.8) is 0 Å². The highest BCUT2D eigenvalue weighted by Gasteiger charge is 2.18. The van der Waals surface area contributed by atoms with Crippen molar-refractivity contribution in [1.29, 1.82) is 0 Å². The molecule has 0 unspecified atom stereocenters. The maximum Gasteiger partial charge on any atom is 0.325 e. The summed E-state index contributed by atoms with van der Waals surface area (Å²) >= 11 is 0. The lowest BCUT2D eigenvalue weighted by molar-refractivity contribution is -0.140. The molecule has 160 valence electrons. The summed E-state index contributed by atoms with van der Waals surface area (Å²) in [5, 5.41) is 15.0. The lowest BCUT2D eigenvalue weighted by Gasteiger charge is -2.14. The Morgan fingerprint density at radius 1 is 1.06 bits per heavy atom. The van der Waals surface area contributed by atoms with Gasteiger partial charge in [-0.3, -0.25) is 14.4 Å². The Hall–Kier alpha value is -3.87. The molecule has 1 heterocycles. The Balaban J connectivity index is 1.98. The zero-order chi connectivity index (χ0) is 22.7. The van der Waals surface area contributed by atoms with Crippen LogP contribution in [-0.2, 0) is 14.4 Å². The number of amides is 2. The van der Waals surface area contributed by atoms with Crippen LogP contribution in [0.1, 0.15) is 30.5 Å². The third-order valence-electron chi connectivity index (χ3n) is 5.05. The van der Waals surface area contributed by atoms with Gasteiger partial charge in [0.05, 0.1) is 0 Å². The van der Waals surface area contributed by atoms with Crippen LogP contribution in [0.2, 0.25) is 0 Å². The Bertz CT molecular complexity index is 1210. The molecular formula is C24H25N3O4. The number of aryl methyl sites for hydroxylation is 2. The van der Waals surface area contributed by atoms with Gasteiger partial charge in [0.1, 0.15) is 11.7 Å². The molecule has 31 heavy (non-hydrogen) atoms. The molecule has 0 fully saturated rings. The number of hydrogen-bond acceptors (Lipinski definition) is 3. The van der Waals surface area contributed by atoms with Crippen molar-refractivity contribution in [2.75, 3.05) is 0 Å². The van der Waals surface area contributed by atoms with E-state index in [1.807, 2.05) is 44.3 Å². The fourth-order valence-corrected chi connectivity index (χ4v) is 3.37. The number of aromatic nitrogens is 1. The number of hydrogen-bond donors (Lipinski definition) is 4. The molecule has 3 rings (SSSR count). The van der Waals surface area contributed by atoms with Crippen LogP contribution in [0.5, 0.6) is 0 Å². The van der Waals surface area contributed by atoms with Gasteiger partial charge in [0.25, 0.3) is 5.91 Å². The number of carboxylic acid groups (broad SMARTS) is 1. The van der Waals surface area contributed by atoms with Gasteiger partial charge in [-0.25, -0.2) is 0 Å². The number of rotatable bonds is 6. The van der Waals surface area contributed by atoms with Gasteiger partial charge >= 0.3 is 5.97 Å². The number of aliphatic carboxylic acids is 1. The van der Waals surface area contributed by atoms with E-state index in [1.54, 1.807) is 6.08 Å². The highest BCUT2D eigenvalue weighted by atomic mass is 16.4. The Labute approximate surface area is 180 Å². The van der Waals surface area contributed by atoms with E-state index in [0.717, 1.165) is 38.7 Å². The number of H-pyrrole nitrogens is 1. The molecule has 1 aromatic heterocycles. The molecule has 0 radical (unpaired) electrons. The van der Waals surface area contributed by atoms with Gasteiger partial charge in [0.2, 0.25) is 5.91 Å². The molecule has 2 aromatic carbocycles. The smallest absolute Gasteiger partial charge is 0.325 e. The number of carbonyl (C=O) groups is 3. The van der Waals surface area contributed by atoms with Crippen molar-refractivity contribution < 1.29 is 19.5 Å². The molecule has 0 aliphatic carbocycles. The molecule has 3 aromatic rings. The first-order valence-electron chi connectivity index (χ1n) is 9.87.